The fourth-order valence-corrected chi connectivity index (χ4v) is 1.01. The highest BCUT2D eigenvalue weighted by Crippen LogP contribution is 2.11. The molecule has 0 atom stereocenters. The quantitative estimate of drug-likeness (QED) is 0.659. The van der Waals surface area contributed by atoms with Crippen molar-refractivity contribution in [1.82, 2.24) is 5.32 Å². The van der Waals surface area contributed by atoms with Gasteiger partial charge in [-0.1, -0.05) is 12.1 Å². The molecule has 0 spiro atoms. The van der Waals surface area contributed by atoms with Crippen LogP contribution in [0.1, 0.15) is 6.42 Å². The molecule has 0 aliphatic carbocycles. The van der Waals surface area contributed by atoms with Crippen LogP contribution in [-0.4, -0.2) is 24.3 Å². The Kier molecular flexibility index (Phi) is 4.56. The summed E-state index contributed by atoms with van der Waals surface area (Å²) in [5.41, 5.74) is 0.138. The van der Waals surface area contributed by atoms with Crippen LogP contribution in [0.3, 0.4) is 0 Å². The number of halogens is 1. The highest BCUT2D eigenvalue weighted by molar-refractivity contribution is 5.89. The van der Waals surface area contributed by atoms with Crippen LogP contribution in [0.5, 0.6) is 0 Å². The molecule has 1 rings (SSSR count). The third-order valence-corrected chi connectivity index (χ3v) is 1.74. The maximum absolute atomic E-state index is 13.1. The molecular weight excluding hydrogens is 199 g/mol. The zero-order valence-corrected chi connectivity index (χ0v) is 8.16. The molecule has 4 nitrogen and oxygen atoms in total. The van der Waals surface area contributed by atoms with Gasteiger partial charge in [0.2, 0.25) is 0 Å². The average molecular weight is 212 g/mol. The number of benzene rings is 1. The minimum absolute atomic E-state index is 0.0139. The van der Waals surface area contributed by atoms with Gasteiger partial charge in [-0.3, -0.25) is 0 Å². The first-order chi connectivity index (χ1) is 7.24. The molecule has 0 radical (unpaired) electrons. The molecule has 0 aliphatic heterocycles. The number of carbonyl (C=O) groups is 1. The zero-order valence-electron chi connectivity index (χ0n) is 8.16. The van der Waals surface area contributed by atoms with Gasteiger partial charge in [-0.15, -0.1) is 0 Å². The van der Waals surface area contributed by atoms with E-state index in [2.05, 4.69) is 10.6 Å². The van der Waals surface area contributed by atoms with E-state index >= 15 is 0 Å². The van der Waals surface area contributed by atoms with Crippen LogP contribution in [0.15, 0.2) is 24.3 Å². The van der Waals surface area contributed by atoms with E-state index in [1.54, 1.807) is 12.1 Å². The van der Waals surface area contributed by atoms with Gasteiger partial charge in [0.1, 0.15) is 5.82 Å². The number of amides is 2. The largest absolute Gasteiger partial charge is 0.396 e. The van der Waals surface area contributed by atoms with Crippen molar-refractivity contribution in [3.63, 3.8) is 0 Å². The van der Waals surface area contributed by atoms with Gasteiger partial charge >= 0.3 is 6.03 Å². The summed E-state index contributed by atoms with van der Waals surface area (Å²) in [6.45, 7) is 0.372. The van der Waals surface area contributed by atoms with Gasteiger partial charge < -0.3 is 15.7 Å². The molecule has 0 heterocycles. The topological polar surface area (TPSA) is 61.4 Å². The molecule has 0 saturated heterocycles. The molecule has 0 unspecified atom stereocenters. The lowest BCUT2D eigenvalue weighted by Crippen LogP contribution is -2.30. The first kappa shape index (κ1) is 11.5. The molecule has 0 saturated carbocycles. The highest BCUT2D eigenvalue weighted by atomic mass is 19.1. The van der Waals surface area contributed by atoms with E-state index in [0.29, 0.717) is 13.0 Å². The van der Waals surface area contributed by atoms with E-state index in [-0.39, 0.29) is 12.3 Å². The Balaban J connectivity index is 2.41. The number of para-hydroxylation sites is 1. The number of hydrogen-bond donors (Lipinski definition) is 3. The second-order valence-electron chi connectivity index (χ2n) is 2.94. The lowest BCUT2D eigenvalue weighted by molar-refractivity contribution is 0.248. The Morgan fingerprint density at radius 3 is 2.80 bits per heavy atom. The molecule has 0 aromatic heterocycles. The maximum Gasteiger partial charge on any atom is 0.319 e. The predicted molar refractivity (Wildman–Crippen MR) is 55.1 cm³/mol. The van der Waals surface area contributed by atoms with Crippen molar-refractivity contribution in [2.45, 2.75) is 6.42 Å². The van der Waals surface area contributed by atoms with Crippen molar-refractivity contribution in [3.05, 3.63) is 30.1 Å². The molecule has 1 aromatic carbocycles. The Labute approximate surface area is 87.1 Å². The molecule has 82 valence electrons. The van der Waals surface area contributed by atoms with Crippen molar-refractivity contribution >= 4 is 11.7 Å². The van der Waals surface area contributed by atoms with E-state index in [1.165, 1.54) is 12.1 Å². The first-order valence-corrected chi connectivity index (χ1v) is 4.64. The number of urea groups is 1. The van der Waals surface area contributed by atoms with E-state index in [4.69, 9.17) is 5.11 Å². The number of aliphatic hydroxyl groups is 1. The Bertz CT molecular complexity index is 331. The fraction of sp³-hybridized carbons (Fsp3) is 0.300. The Morgan fingerprint density at radius 1 is 1.40 bits per heavy atom. The SMILES string of the molecule is O=C(NCCCO)Nc1ccccc1F. The molecule has 0 aliphatic rings. The summed E-state index contributed by atoms with van der Waals surface area (Å²) >= 11 is 0. The molecule has 0 fully saturated rings. The second kappa shape index (κ2) is 5.98. The van der Waals surface area contributed by atoms with Crippen molar-refractivity contribution < 1.29 is 14.3 Å². The van der Waals surface area contributed by atoms with Crippen molar-refractivity contribution in [1.29, 1.82) is 0 Å². The average Bonchev–Trinajstić information content (AvgIpc) is 2.22. The van der Waals surface area contributed by atoms with Crippen LogP contribution in [-0.2, 0) is 0 Å². The summed E-state index contributed by atoms with van der Waals surface area (Å²) in [5.74, 6) is -0.477. The fourth-order valence-electron chi connectivity index (χ4n) is 1.01. The van der Waals surface area contributed by atoms with Crippen LogP contribution in [0, 0.1) is 5.82 Å². The van der Waals surface area contributed by atoms with Gasteiger partial charge in [-0.2, -0.15) is 0 Å². The molecule has 2 amide bonds. The van der Waals surface area contributed by atoms with Gasteiger partial charge in [0.05, 0.1) is 5.69 Å². The van der Waals surface area contributed by atoms with Crippen LogP contribution >= 0.6 is 0 Å². The van der Waals surface area contributed by atoms with Crippen LogP contribution < -0.4 is 10.6 Å². The van der Waals surface area contributed by atoms with Crippen molar-refractivity contribution in [2.24, 2.45) is 0 Å². The number of carbonyl (C=O) groups excluding carboxylic acids is 1. The van der Waals surface area contributed by atoms with E-state index in [9.17, 15) is 9.18 Å². The molecule has 15 heavy (non-hydrogen) atoms. The number of aliphatic hydroxyl groups excluding tert-OH is 1. The smallest absolute Gasteiger partial charge is 0.319 e. The predicted octanol–water partition coefficient (Wildman–Crippen LogP) is 1.33. The zero-order chi connectivity index (χ0) is 11.1. The first-order valence-electron chi connectivity index (χ1n) is 4.64. The summed E-state index contributed by atoms with van der Waals surface area (Å²) in [4.78, 5) is 11.2. The van der Waals surface area contributed by atoms with E-state index < -0.39 is 11.8 Å². The van der Waals surface area contributed by atoms with Crippen LogP contribution in [0.4, 0.5) is 14.9 Å². The highest BCUT2D eigenvalue weighted by Gasteiger charge is 2.04. The van der Waals surface area contributed by atoms with Gasteiger partial charge in [0.25, 0.3) is 0 Å². The normalized spacial score (nSPS) is 9.73. The van der Waals surface area contributed by atoms with Crippen LogP contribution in [0.2, 0.25) is 0 Å². The summed E-state index contributed by atoms with van der Waals surface area (Å²) in [6, 6.07) is 5.44. The number of anilines is 1. The van der Waals surface area contributed by atoms with E-state index in [1.807, 2.05) is 0 Å². The lowest BCUT2D eigenvalue weighted by Gasteiger charge is -2.07. The third kappa shape index (κ3) is 3.95. The number of nitrogens with one attached hydrogen (secondary N) is 2. The minimum Gasteiger partial charge on any atom is -0.396 e. The second-order valence-corrected chi connectivity index (χ2v) is 2.94. The van der Waals surface area contributed by atoms with Crippen LogP contribution in [0.25, 0.3) is 0 Å². The lowest BCUT2D eigenvalue weighted by atomic mass is 10.3. The summed E-state index contributed by atoms with van der Waals surface area (Å²) in [5, 5.41) is 13.3. The van der Waals surface area contributed by atoms with Gasteiger partial charge in [0.15, 0.2) is 0 Å². The maximum atomic E-state index is 13.1. The summed E-state index contributed by atoms with van der Waals surface area (Å²) in [7, 11) is 0. The van der Waals surface area contributed by atoms with Gasteiger partial charge in [-0.25, -0.2) is 9.18 Å². The van der Waals surface area contributed by atoms with Crippen molar-refractivity contribution in [2.75, 3.05) is 18.5 Å². The minimum atomic E-state index is -0.478. The van der Waals surface area contributed by atoms with Gasteiger partial charge in [0, 0.05) is 13.2 Å². The van der Waals surface area contributed by atoms with Gasteiger partial charge in [-0.05, 0) is 18.6 Å². The Hall–Kier alpha value is -1.62. The molecule has 0 bridgehead atoms. The summed E-state index contributed by atoms with van der Waals surface area (Å²) in [6.07, 6.45) is 0.477. The standard InChI is InChI=1S/C10H13FN2O2/c11-8-4-1-2-5-9(8)13-10(15)12-6-3-7-14/h1-2,4-5,14H,3,6-7H2,(H2,12,13,15). The molecule has 3 N–H and O–H groups in total. The third-order valence-electron chi connectivity index (χ3n) is 1.74. The Morgan fingerprint density at radius 2 is 2.13 bits per heavy atom. The molecular formula is C10H13FN2O2. The number of hydrogen-bond acceptors (Lipinski definition) is 2. The monoisotopic (exact) mass is 212 g/mol. The van der Waals surface area contributed by atoms with E-state index in [0.717, 1.165) is 0 Å². The number of rotatable bonds is 4. The molecule has 1 aromatic rings. The molecule has 5 heteroatoms. The summed E-state index contributed by atoms with van der Waals surface area (Å²) < 4.78 is 13.1. The van der Waals surface area contributed by atoms with Crippen molar-refractivity contribution in [3.8, 4) is 0 Å².